The Labute approximate surface area is 79.5 Å². The van der Waals surface area contributed by atoms with Crippen molar-refractivity contribution in [2.45, 2.75) is 0 Å². The summed E-state index contributed by atoms with van der Waals surface area (Å²) in [5.74, 6) is 0. The molecule has 0 amide bonds. The van der Waals surface area contributed by atoms with Gasteiger partial charge in [0.15, 0.2) is 0 Å². The average Bonchev–Trinajstić information content (AvgIpc) is 1.59. The first kappa shape index (κ1) is 29.2. The van der Waals surface area contributed by atoms with E-state index in [9.17, 15) is 13.9 Å². The fourth-order valence-electron chi connectivity index (χ4n) is 0.170. The van der Waals surface area contributed by atoms with Gasteiger partial charge in [0.05, 0.1) is 0 Å². The Kier molecular flexibility index (Phi) is 17.0. The SMILES string of the molecule is N.N.N.N.O=C(P(=O)(O)O)P(=O)(O)O. The van der Waals surface area contributed by atoms with Crippen LogP contribution in [0, 0.1) is 0 Å². The minimum absolute atomic E-state index is 0. The van der Waals surface area contributed by atoms with Crippen LogP contribution in [0.15, 0.2) is 0 Å². The van der Waals surface area contributed by atoms with Gasteiger partial charge in [-0.2, -0.15) is 0 Å². The second-order valence-corrected chi connectivity index (χ2v) is 4.71. The standard InChI is InChI=1S/CH4O7P2.4H3N/c2-1(9(3,4)5)10(6,7)8;;;;/h(H2,3,4,5)(H2,6,7,8);4*1H3. The van der Waals surface area contributed by atoms with E-state index in [1.807, 2.05) is 0 Å². The van der Waals surface area contributed by atoms with Gasteiger partial charge in [-0.15, -0.1) is 0 Å². The maximum atomic E-state index is 9.96. The van der Waals surface area contributed by atoms with Crippen molar-refractivity contribution in [2.24, 2.45) is 0 Å². The van der Waals surface area contributed by atoms with Crippen molar-refractivity contribution in [3.8, 4) is 0 Å². The van der Waals surface area contributed by atoms with Gasteiger partial charge in [-0.1, -0.05) is 0 Å². The lowest BCUT2D eigenvalue weighted by Crippen LogP contribution is -1.96. The third-order valence-electron chi connectivity index (χ3n) is 0.498. The predicted octanol–water partition coefficient (Wildman–Crippen LogP) is 0.110. The lowest BCUT2D eigenvalue weighted by molar-refractivity contribution is 0.255. The average molecular weight is 258 g/mol. The highest BCUT2D eigenvalue weighted by Gasteiger charge is 2.41. The Hall–Kier alpha value is -0.190. The minimum atomic E-state index is -5.28. The van der Waals surface area contributed by atoms with E-state index in [2.05, 4.69) is 0 Å². The molecule has 0 atom stereocenters. The van der Waals surface area contributed by atoms with Gasteiger partial charge in [0.25, 0.3) is 0 Å². The second kappa shape index (κ2) is 8.15. The van der Waals surface area contributed by atoms with Crippen molar-refractivity contribution >= 4 is 20.5 Å². The van der Waals surface area contributed by atoms with Gasteiger partial charge in [-0.25, -0.2) is 0 Å². The number of hydrogen-bond donors (Lipinski definition) is 8. The summed E-state index contributed by atoms with van der Waals surface area (Å²) < 4.78 is 19.7. The molecular formula is CH16N4O7P2. The summed E-state index contributed by atoms with van der Waals surface area (Å²) in [4.78, 5) is 41.5. The first-order valence-corrected chi connectivity index (χ1v) is 5.04. The molecule has 92 valence electrons. The van der Waals surface area contributed by atoms with Crippen LogP contribution >= 0.6 is 15.2 Å². The Bertz CT molecular complexity index is 216. The number of hydrogen-bond acceptors (Lipinski definition) is 7. The molecule has 16 N–H and O–H groups in total. The largest absolute Gasteiger partial charge is 0.404 e. The molecule has 0 rings (SSSR count). The molecule has 11 nitrogen and oxygen atoms in total. The van der Waals surface area contributed by atoms with E-state index in [1.54, 1.807) is 0 Å². The summed E-state index contributed by atoms with van der Waals surface area (Å²) in [6.07, 6.45) is 0. The van der Waals surface area contributed by atoms with Gasteiger partial charge in [-0.05, 0) is 0 Å². The molecule has 0 saturated heterocycles. The van der Waals surface area contributed by atoms with E-state index in [-0.39, 0.29) is 24.6 Å². The molecule has 0 aliphatic heterocycles. The van der Waals surface area contributed by atoms with Crippen LogP contribution in [0.5, 0.6) is 0 Å². The number of carbonyl (C=O) groups is 1. The highest BCUT2D eigenvalue weighted by molar-refractivity contribution is 7.96. The topological polar surface area (TPSA) is 272 Å². The van der Waals surface area contributed by atoms with E-state index >= 15 is 0 Å². The van der Waals surface area contributed by atoms with Crippen molar-refractivity contribution in [2.75, 3.05) is 0 Å². The zero-order valence-corrected chi connectivity index (χ0v) is 9.03. The second-order valence-electron chi connectivity index (χ2n) is 1.37. The van der Waals surface area contributed by atoms with Crippen molar-refractivity contribution in [3.63, 3.8) is 0 Å². The summed E-state index contributed by atoms with van der Waals surface area (Å²) in [7, 11) is -10.6. The van der Waals surface area contributed by atoms with Crippen LogP contribution in [0.25, 0.3) is 0 Å². The Balaban J connectivity index is -0.0000000675. The Morgan fingerprint density at radius 3 is 0.857 bits per heavy atom. The molecule has 0 unspecified atom stereocenters. The maximum absolute atomic E-state index is 9.96. The molecule has 0 heterocycles. The summed E-state index contributed by atoms with van der Waals surface area (Å²) in [6, 6.07) is 0. The predicted molar refractivity (Wildman–Crippen MR) is 49.6 cm³/mol. The molecular weight excluding hydrogens is 242 g/mol. The molecule has 0 spiro atoms. The van der Waals surface area contributed by atoms with Crippen LogP contribution in [0.3, 0.4) is 0 Å². The normalized spacial score (nSPS) is 9.43. The van der Waals surface area contributed by atoms with E-state index in [4.69, 9.17) is 19.6 Å². The molecule has 14 heavy (non-hydrogen) atoms. The first-order valence-electron chi connectivity index (χ1n) is 1.82. The highest BCUT2D eigenvalue weighted by Crippen LogP contribution is 2.54. The highest BCUT2D eigenvalue weighted by atomic mass is 31.2. The molecule has 0 aromatic rings. The molecule has 0 aliphatic carbocycles. The van der Waals surface area contributed by atoms with Gasteiger partial charge < -0.3 is 44.2 Å². The Morgan fingerprint density at radius 2 is 0.857 bits per heavy atom. The van der Waals surface area contributed by atoms with Gasteiger partial charge in [0.2, 0.25) is 0 Å². The van der Waals surface area contributed by atoms with Crippen molar-refractivity contribution in [3.05, 3.63) is 0 Å². The third kappa shape index (κ3) is 9.89. The van der Waals surface area contributed by atoms with E-state index in [0.717, 1.165) is 0 Å². The van der Waals surface area contributed by atoms with Crippen molar-refractivity contribution in [1.82, 2.24) is 24.6 Å². The summed E-state index contributed by atoms with van der Waals surface area (Å²) in [5, 5.41) is -2.35. The number of rotatable bonds is 2. The molecule has 0 saturated carbocycles. The van der Waals surface area contributed by atoms with Crippen molar-refractivity contribution < 1.29 is 33.5 Å². The third-order valence-corrected chi connectivity index (χ3v) is 3.06. The zero-order valence-electron chi connectivity index (χ0n) is 7.24. The van der Waals surface area contributed by atoms with Gasteiger partial charge in [0, 0.05) is 0 Å². The monoisotopic (exact) mass is 258 g/mol. The van der Waals surface area contributed by atoms with Crippen LogP contribution in [0.1, 0.15) is 0 Å². The molecule has 0 aromatic carbocycles. The molecule has 0 fully saturated rings. The maximum Gasteiger partial charge on any atom is 0.404 e. The fourth-order valence-corrected chi connectivity index (χ4v) is 1.53. The van der Waals surface area contributed by atoms with Crippen LogP contribution in [0.4, 0.5) is 4.79 Å². The quantitative estimate of drug-likeness (QED) is 0.307. The molecule has 0 bridgehead atoms. The van der Waals surface area contributed by atoms with Gasteiger partial charge in [0.1, 0.15) is 0 Å². The summed E-state index contributed by atoms with van der Waals surface area (Å²) >= 11 is 0. The summed E-state index contributed by atoms with van der Waals surface area (Å²) in [6.45, 7) is 0. The lowest BCUT2D eigenvalue weighted by atomic mass is 11.8. The molecule has 0 radical (unpaired) electrons. The van der Waals surface area contributed by atoms with E-state index in [0.29, 0.717) is 0 Å². The Morgan fingerprint density at radius 1 is 0.714 bits per heavy atom. The number of carbonyl (C=O) groups excluding carboxylic acids is 1. The van der Waals surface area contributed by atoms with Gasteiger partial charge >= 0.3 is 20.5 Å². The molecule has 0 aliphatic rings. The fraction of sp³-hybridized carbons (Fsp3) is 0. The van der Waals surface area contributed by atoms with Crippen molar-refractivity contribution in [1.29, 1.82) is 0 Å². The van der Waals surface area contributed by atoms with E-state index < -0.39 is 20.5 Å². The molecule has 0 aromatic heterocycles. The van der Waals surface area contributed by atoms with Crippen LogP contribution in [0.2, 0.25) is 0 Å². The first-order chi connectivity index (χ1) is 4.15. The van der Waals surface area contributed by atoms with Crippen LogP contribution in [-0.4, -0.2) is 24.8 Å². The minimum Gasteiger partial charge on any atom is -0.344 e. The smallest absolute Gasteiger partial charge is 0.344 e. The zero-order chi connectivity index (χ0) is 8.58. The molecule has 13 heteroatoms. The van der Waals surface area contributed by atoms with E-state index in [1.165, 1.54) is 0 Å². The van der Waals surface area contributed by atoms with Crippen LogP contribution in [-0.2, 0) is 9.13 Å². The van der Waals surface area contributed by atoms with Crippen LogP contribution < -0.4 is 24.6 Å². The van der Waals surface area contributed by atoms with Gasteiger partial charge in [-0.3, -0.25) is 13.9 Å². The lowest BCUT2D eigenvalue weighted by Gasteiger charge is -2.01. The summed E-state index contributed by atoms with van der Waals surface area (Å²) in [5.41, 5.74) is 0.